The number of hydrogen-bond acceptors (Lipinski definition) is 2. The molecule has 5 rings (SSSR count). The van der Waals surface area contributed by atoms with Gasteiger partial charge in [-0.2, -0.15) is 0 Å². The summed E-state index contributed by atoms with van der Waals surface area (Å²) in [6, 6.07) is 9.11. The van der Waals surface area contributed by atoms with Gasteiger partial charge in [0.25, 0.3) is 11.5 Å². The van der Waals surface area contributed by atoms with Crippen molar-refractivity contribution in [2.45, 2.75) is 51.0 Å². The molecule has 1 aromatic heterocycles. The predicted molar refractivity (Wildman–Crippen MR) is 118 cm³/mol. The number of pyridine rings is 1. The normalized spacial score (nSPS) is 25.6. The van der Waals surface area contributed by atoms with Crippen LogP contribution in [-0.2, 0) is 6.54 Å². The highest BCUT2D eigenvalue weighted by atomic mass is 19.1. The molecule has 3 atom stereocenters. The van der Waals surface area contributed by atoms with Gasteiger partial charge in [-0.15, -0.1) is 0 Å². The number of rotatable bonds is 4. The monoisotopic (exact) mass is 424 g/mol. The van der Waals surface area contributed by atoms with Crippen LogP contribution in [0.5, 0.6) is 0 Å². The number of benzene rings is 1. The van der Waals surface area contributed by atoms with Crippen LogP contribution in [-0.4, -0.2) is 30.1 Å². The lowest BCUT2D eigenvalue weighted by molar-refractivity contribution is -0.914. The molecule has 164 valence electrons. The molecule has 31 heavy (non-hydrogen) atoms. The van der Waals surface area contributed by atoms with Crippen LogP contribution in [0.15, 0.2) is 41.2 Å². The Labute approximate surface area is 182 Å². The van der Waals surface area contributed by atoms with Gasteiger partial charge in [-0.1, -0.05) is 19.3 Å². The number of quaternary nitrogens is 1. The Kier molecular flexibility index (Phi) is 5.65. The summed E-state index contributed by atoms with van der Waals surface area (Å²) in [5, 5.41) is 2.72. The number of carbonyl (C=O) groups excluding carboxylic acids is 1. The van der Waals surface area contributed by atoms with Gasteiger partial charge in [0.15, 0.2) is 0 Å². The molecule has 2 aliphatic heterocycles. The van der Waals surface area contributed by atoms with Gasteiger partial charge in [0.1, 0.15) is 11.5 Å². The molecule has 2 bridgehead atoms. The topological polar surface area (TPSA) is 55.5 Å². The first kappa shape index (κ1) is 20.4. The summed E-state index contributed by atoms with van der Waals surface area (Å²) in [5.41, 5.74) is 1.62. The summed E-state index contributed by atoms with van der Waals surface area (Å²) in [4.78, 5) is 27.3. The van der Waals surface area contributed by atoms with E-state index >= 15 is 0 Å². The molecule has 2 N–H and O–H groups in total. The number of aromatic nitrogens is 1. The molecule has 1 saturated heterocycles. The fourth-order valence-electron chi connectivity index (χ4n) is 6.03. The molecule has 1 unspecified atom stereocenters. The summed E-state index contributed by atoms with van der Waals surface area (Å²) >= 11 is 0. The van der Waals surface area contributed by atoms with Crippen molar-refractivity contribution in [2.24, 2.45) is 11.8 Å². The number of fused-ring (bicyclic) bond motifs is 4. The predicted octanol–water partition coefficient (Wildman–Crippen LogP) is 2.82. The standard InChI is InChI=1S/C25H30FN3O2/c26-21-8-6-19(7-9-21)24(30)27-22-10-11-23-20-12-18(15-29(23)25(22)31)14-28(16-20)13-17-4-2-1-3-5-17/h6-11,17-18,20H,1-5,12-16H2,(H,27,30)/p+1/t18-,20+/m0/s1. The first-order valence-electron chi connectivity index (χ1n) is 11.7. The molecule has 2 aromatic rings. The molecule has 3 aliphatic rings. The Balaban J connectivity index is 1.31. The molecule has 1 saturated carbocycles. The van der Waals surface area contributed by atoms with Crippen molar-refractivity contribution in [2.75, 3.05) is 25.0 Å². The maximum Gasteiger partial charge on any atom is 0.274 e. The van der Waals surface area contributed by atoms with Gasteiger partial charge in [0, 0.05) is 35.6 Å². The van der Waals surface area contributed by atoms with Gasteiger partial charge < -0.3 is 14.8 Å². The Hall–Kier alpha value is -2.47. The fourth-order valence-corrected chi connectivity index (χ4v) is 6.03. The molecule has 0 radical (unpaired) electrons. The molecule has 5 nitrogen and oxygen atoms in total. The zero-order valence-electron chi connectivity index (χ0n) is 17.9. The lowest BCUT2D eigenvalue weighted by atomic mass is 9.81. The molecular weight excluding hydrogens is 393 g/mol. The average molecular weight is 425 g/mol. The van der Waals surface area contributed by atoms with Crippen LogP contribution >= 0.6 is 0 Å². The van der Waals surface area contributed by atoms with Crippen molar-refractivity contribution < 1.29 is 14.1 Å². The molecule has 0 spiro atoms. The Bertz CT molecular complexity index is 1010. The highest BCUT2D eigenvalue weighted by Gasteiger charge is 2.38. The van der Waals surface area contributed by atoms with Crippen LogP contribution in [0, 0.1) is 17.7 Å². The third-order valence-electron chi connectivity index (χ3n) is 7.45. The lowest BCUT2D eigenvalue weighted by Gasteiger charge is -2.41. The third-order valence-corrected chi connectivity index (χ3v) is 7.45. The minimum Gasteiger partial charge on any atom is -0.334 e. The average Bonchev–Trinajstić information content (AvgIpc) is 2.77. The SMILES string of the molecule is O=C(Nc1ccc2n(c1=O)C[C@H]1C[C@@H]2C[NH+](CC2CCCCC2)C1)c1ccc(F)cc1. The van der Waals surface area contributed by atoms with E-state index in [2.05, 4.69) is 5.32 Å². The number of nitrogens with zero attached hydrogens (tertiary/aromatic N) is 1. The number of amides is 1. The van der Waals surface area contributed by atoms with Gasteiger partial charge in [-0.05, 0) is 55.7 Å². The largest absolute Gasteiger partial charge is 0.334 e. The van der Waals surface area contributed by atoms with Crippen molar-refractivity contribution in [3.8, 4) is 0 Å². The van der Waals surface area contributed by atoms with Gasteiger partial charge >= 0.3 is 0 Å². The van der Waals surface area contributed by atoms with Crippen LogP contribution in [0.1, 0.15) is 60.5 Å². The van der Waals surface area contributed by atoms with E-state index in [9.17, 15) is 14.0 Å². The summed E-state index contributed by atoms with van der Waals surface area (Å²) in [6.45, 7) is 4.26. The van der Waals surface area contributed by atoms with E-state index in [1.807, 2.05) is 10.6 Å². The van der Waals surface area contributed by atoms with Crippen LogP contribution in [0.2, 0.25) is 0 Å². The summed E-state index contributed by atoms with van der Waals surface area (Å²) in [7, 11) is 0. The van der Waals surface area contributed by atoms with E-state index < -0.39 is 11.7 Å². The second kappa shape index (κ2) is 8.58. The van der Waals surface area contributed by atoms with Crippen LogP contribution in [0.25, 0.3) is 0 Å². The highest BCUT2D eigenvalue weighted by Crippen LogP contribution is 2.31. The first-order chi connectivity index (χ1) is 15.1. The van der Waals surface area contributed by atoms with Crippen molar-refractivity contribution in [1.29, 1.82) is 0 Å². The van der Waals surface area contributed by atoms with Gasteiger partial charge in [-0.3, -0.25) is 9.59 Å². The lowest BCUT2D eigenvalue weighted by Crippen LogP contribution is -3.15. The summed E-state index contributed by atoms with van der Waals surface area (Å²) in [6.07, 6.45) is 8.09. The smallest absolute Gasteiger partial charge is 0.274 e. The van der Waals surface area contributed by atoms with E-state index in [1.54, 1.807) is 11.0 Å². The third kappa shape index (κ3) is 4.31. The van der Waals surface area contributed by atoms with Crippen molar-refractivity contribution in [3.05, 3.63) is 63.8 Å². The zero-order valence-corrected chi connectivity index (χ0v) is 17.9. The van der Waals surface area contributed by atoms with Crippen LogP contribution in [0.4, 0.5) is 10.1 Å². The fraction of sp³-hybridized carbons (Fsp3) is 0.520. The summed E-state index contributed by atoms with van der Waals surface area (Å²) in [5.74, 6) is 1.02. The van der Waals surface area contributed by atoms with Gasteiger partial charge in [0.2, 0.25) is 0 Å². The quantitative estimate of drug-likeness (QED) is 0.793. The van der Waals surface area contributed by atoms with E-state index in [-0.39, 0.29) is 5.56 Å². The second-order valence-electron chi connectivity index (χ2n) is 9.71. The number of nitrogens with one attached hydrogen (secondary N) is 2. The molecule has 6 heteroatoms. The van der Waals surface area contributed by atoms with Crippen molar-refractivity contribution in [1.82, 2.24) is 4.57 Å². The number of carbonyl (C=O) groups is 1. The summed E-state index contributed by atoms with van der Waals surface area (Å²) < 4.78 is 15.0. The Morgan fingerprint density at radius 1 is 1.06 bits per heavy atom. The van der Waals surface area contributed by atoms with E-state index in [1.165, 1.54) is 62.9 Å². The van der Waals surface area contributed by atoms with Crippen LogP contribution < -0.4 is 15.8 Å². The minimum atomic E-state index is -0.392. The Morgan fingerprint density at radius 2 is 1.84 bits per heavy atom. The molecule has 1 aromatic carbocycles. The number of likely N-dealkylation sites (tertiary alicyclic amines) is 1. The number of anilines is 1. The molecule has 1 amide bonds. The number of piperidine rings is 1. The molecule has 2 fully saturated rings. The Morgan fingerprint density at radius 3 is 2.61 bits per heavy atom. The maximum absolute atomic E-state index is 13.1. The number of hydrogen-bond donors (Lipinski definition) is 2. The van der Waals surface area contributed by atoms with Crippen LogP contribution in [0.3, 0.4) is 0 Å². The van der Waals surface area contributed by atoms with E-state index in [4.69, 9.17) is 0 Å². The van der Waals surface area contributed by atoms with Crippen molar-refractivity contribution >= 4 is 11.6 Å². The van der Waals surface area contributed by atoms with E-state index in [0.717, 1.165) is 37.7 Å². The van der Waals surface area contributed by atoms with Gasteiger partial charge in [-0.25, -0.2) is 4.39 Å². The number of halogens is 1. The maximum atomic E-state index is 13.1. The molecular formula is C25H31FN3O2+. The van der Waals surface area contributed by atoms with E-state index in [0.29, 0.717) is 23.1 Å². The zero-order chi connectivity index (χ0) is 21.4. The molecule has 3 heterocycles. The molecule has 1 aliphatic carbocycles. The highest BCUT2D eigenvalue weighted by molar-refractivity contribution is 6.04. The van der Waals surface area contributed by atoms with Gasteiger partial charge in [0.05, 0.1) is 19.6 Å². The minimum absolute atomic E-state index is 0.126. The first-order valence-corrected chi connectivity index (χ1v) is 11.7. The second-order valence-corrected chi connectivity index (χ2v) is 9.71. The van der Waals surface area contributed by atoms with Crippen molar-refractivity contribution in [3.63, 3.8) is 0 Å².